The summed E-state index contributed by atoms with van der Waals surface area (Å²) in [6.45, 7) is 6.74. The van der Waals surface area contributed by atoms with E-state index in [0.717, 1.165) is 0 Å². The molecule has 1 fully saturated rings. The maximum atomic E-state index is 13.1. The first-order chi connectivity index (χ1) is 10.2. The van der Waals surface area contributed by atoms with Crippen LogP contribution < -0.4 is 5.46 Å². The van der Waals surface area contributed by atoms with Crippen LogP contribution in [0.2, 0.25) is 0 Å². The van der Waals surface area contributed by atoms with Crippen LogP contribution in [0.25, 0.3) is 0 Å². The zero-order chi connectivity index (χ0) is 18.0. The van der Waals surface area contributed by atoms with Gasteiger partial charge in [-0.1, -0.05) is 24.2 Å². The molecule has 0 aromatic heterocycles. The minimum absolute atomic E-state index is 0.475. The quantitative estimate of drug-likeness (QED) is 0.734. The summed E-state index contributed by atoms with van der Waals surface area (Å²) >= 11 is 0. The fourth-order valence-electron chi connectivity index (χ4n) is 1.58. The predicted molar refractivity (Wildman–Crippen MR) is 67.2 cm³/mol. The van der Waals surface area contributed by atoms with Gasteiger partial charge in [-0.3, -0.25) is 0 Å². The Morgan fingerprint density at radius 1 is 1.11 bits per heavy atom. The van der Waals surface area contributed by atoms with Crippen LogP contribution in [-0.4, -0.2) is 18.3 Å². The average Bonchev–Trinajstić information content (AvgIpc) is 2.53. The van der Waals surface area contributed by atoms with E-state index in [9.17, 15) is 13.2 Å². The topological polar surface area (TPSA) is 18.5 Å². The van der Waals surface area contributed by atoms with Crippen LogP contribution in [0.5, 0.6) is 0 Å². The molecule has 2 rings (SSSR count). The number of benzene rings is 1. The molecule has 0 radical (unpaired) electrons. The Labute approximate surface area is 116 Å². The second-order valence-corrected chi connectivity index (χ2v) is 5.37. The molecule has 1 aliphatic heterocycles. The molecule has 6 heteroatoms. The zero-order valence-corrected chi connectivity index (χ0v) is 11.0. The summed E-state index contributed by atoms with van der Waals surface area (Å²) in [6.07, 6.45) is -4.98. The van der Waals surface area contributed by atoms with Gasteiger partial charge in [0.25, 0.3) is 0 Å². The second-order valence-electron chi connectivity index (χ2n) is 5.37. The summed E-state index contributed by atoms with van der Waals surface area (Å²) in [7, 11) is -1.37. The third-order valence-corrected chi connectivity index (χ3v) is 3.42. The molecule has 1 heterocycles. The third kappa shape index (κ3) is 2.65. The van der Waals surface area contributed by atoms with Gasteiger partial charge in [0.05, 0.1) is 22.2 Å². The molecule has 0 N–H and O–H groups in total. The molecule has 104 valence electrons. The molecule has 0 spiro atoms. The van der Waals surface area contributed by atoms with E-state index in [1.165, 1.54) is 0 Å². The molecule has 0 atom stereocenters. The van der Waals surface area contributed by atoms with E-state index in [1.807, 2.05) is 0 Å². The minimum Gasteiger partial charge on any atom is -0.399 e. The van der Waals surface area contributed by atoms with Gasteiger partial charge in [-0.05, 0) is 33.2 Å². The Morgan fingerprint density at radius 2 is 1.63 bits per heavy atom. The van der Waals surface area contributed by atoms with Gasteiger partial charge in [0.15, 0.2) is 0 Å². The molecule has 1 aromatic carbocycles. The highest BCUT2D eigenvalue weighted by molar-refractivity contribution is 6.62. The first-order valence-electron chi connectivity index (χ1n) is 7.74. The zero-order valence-electron chi connectivity index (χ0n) is 15.0. The van der Waals surface area contributed by atoms with E-state index in [2.05, 4.69) is 0 Å². The van der Waals surface area contributed by atoms with Crippen molar-refractivity contribution in [3.63, 3.8) is 0 Å². The number of alkyl halides is 3. The molecule has 1 aliphatic rings. The normalized spacial score (nSPS) is 24.7. The summed E-state index contributed by atoms with van der Waals surface area (Å²) in [6, 6.07) is -3.81. The maximum absolute atomic E-state index is 13.1. The van der Waals surface area contributed by atoms with Gasteiger partial charge in [-0.15, -0.1) is 0 Å². The Balaban J connectivity index is 2.68. The fraction of sp³-hybridized carbons (Fsp3) is 0.538. The van der Waals surface area contributed by atoms with E-state index in [-0.39, 0.29) is 0 Å². The highest BCUT2D eigenvalue weighted by Gasteiger charge is 2.51. The lowest BCUT2D eigenvalue weighted by atomic mass is 9.78. The predicted octanol–water partition coefficient (Wildman–Crippen LogP) is 3.00. The van der Waals surface area contributed by atoms with Gasteiger partial charge >= 0.3 is 13.3 Å². The van der Waals surface area contributed by atoms with Crippen molar-refractivity contribution in [2.45, 2.75) is 45.1 Å². The summed E-state index contributed by atoms with van der Waals surface area (Å²) in [4.78, 5) is 0. The number of halogens is 3. The largest absolute Gasteiger partial charge is 0.494 e. The molecular formula is C13H16BF3O2. The van der Waals surface area contributed by atoms with Gasteiger partial charge in [0, 0.05) is 0 Å². The van der Waals surface area contributed by atoms with Gasteiger partial charge < -0.3 is 9.31 Å². The van der Waals surface area contributed by atoms with Crippen LogP contribution in [0.15, 0.2) is 24.2 Å². The number of hydrogen-bond acceptors (Lipinski definition) is 2. The Morgan fingerprint density at radius 3 is 2.11 bits per heavy atom. The van der Waals surface area contributed by atoms with Crippen molar-refractivity contribution in [3.8, 4) is 0 Å². The van der Waals surface area contributed by atoms with Gasteiger partial charge in [-0.25, -0.2) is 0 Å². The van der Waals surface area contributed by atoms with Gasteiger partial charge in [0.2, 0.25) is 0 Å². The van der Waals surface area contributed by atoms with Crippen molar-refractivity contribution in [2.24, 2.45) is 0 Å². The highest BCUT2D eigenvalue weighted by Crippen LogP contribution is 2.37. The Bertz CT molecular complexity index is 646. The van der Waals surface area contributed by atoms with Crippen molar-refractivity contribution in [3.05, 3.63) is 29.7 Å². The Hall–Kier alpha value is -1.01. The molecule has 0 bridgehead atoms. The maximum Gasteiger partial charge on any atom is 0.494 e. The van der Waals surface area contributed by atoms with E-state index in [0.29, 0.717) is 0 Å². The monoisotopic (exact) mass is 276 g/mol. The summed E-state index contributed by atoms with van der Waals surface area (Å²) in [5, 5.41) is 0. The summed E-state index contributed by atoms with van der Waals surface area (Å²) < 4.78 is 81.2. The van der Waals surface area contributed by atoms with Crippen molar-refractivity contribution in [2.75, 3.05) is 0 Å². The molecule has 19 heavy (non-hydrogen) atoms. The van der Waals surface area contributed by atoms with Gasteiger partial charge in [0.1, 0.15) is 0 Å². The van der Waals surface area contributed by atoms with Crippen molar-refractivity contribution >= 4 is 12.6 Å². The van der Waals surface area contributed by atoms with Crippen LogP contribution in [0, 0.1) is 0 Å². The van der Waals surface area contributed by atoms with Crippen LogP contribution in [0.3, 0.4) is 0 Å². The molecule has 2 nitrogen and oxygen atoms in total. The SMILES string of the molecule is [2H]c1c([2H])c(B2OC(C)(C)C(C)(C)O2)c([2H])c(C(F)(F)F)c1[2H]. The molecule has 1 aromatic rings. The lowest BCUT2D eigenvalue weighted by molar-refractivity contribution is -0.137. The first kappa shape index (κ1) is 9.83. The van der Waals surface area contributed by atoms with E-state index < -0.39 is 59.7 Å². The summed E-state index contributed by atoms with van der Waals surface area (Å²) in [5.41, 5.74) is -3.76. The minimum atomic E-state index is -4.98. The van der Waals surface area contributed by atoms with Crippen LogP contribution in [0.1, 0.15) is 38.7 Å². The Kier molecular flexibility index (Phi) is 2.20. The smallest absolute Gasteiger partial charge is 0.399 e. The van der Waals surface area contributed by atoms with Crippen molar-refractivity contribution in [1.82, 2.24) is 0 Å². The van der Waals surface area contributed by atoms with E-state index in [4.69, 9.17) is 14.8 Å². The van der Waals surface area contributed by atoms with Crippen molar-refractivity contribution in [1.29, 1.82) is 0 Å². The fourth-order valence-corrected chi connectivity index (χ4v) is 1.58. The van der Waals surface area contributed by atoms with Gasteiger partial charge in [-0.2, -0.15) is 13.2 Å². The lowest BCUT2D eigenvalue weighted by Crippen LogP contribution is -2.41. The van der Waals surface area contributed by atoms with E-state index >= 15 is 0 Å². The van der Waals surface area contributed by atoms with Crippen LogP contribution in [0.4, 0.5) is 13.2 Å². The second kappa shape index (κ2) is 4.25. The van der Waals surface area contributed by atoms with Crippen LogP contribution in [-0.2, 0) is 15.5 Å². The molecule has 0 aliphatic carbocycles. The van der Waals surface area contributed by atoms with Crippen molar-refractivity contribution < 1.29 is 28.0 Å². The standard InChI is InChI=1S/C13H16BF3O2/c1-11(2)12(3,4)19-14(18-11)10-7-5-6-9(8-10)13(15,16)17/h5-8H,1-4H3/i5D,6D,7D,8D. The molecule has 0 saturated carbocycles. The number of hydrogen-bond donors (Lipinski definition) is 0. The highest BCUT2D eigenvalue weighted by atomic mass is 19.4. The summed E-state index contributed by atoms with van der Waals surface area (Å²) in [5.74, 6) is 0. The average molecular weight is 276 g/mol. The number of rotatable bonds is 1. The first-order valence-corrected chi connectivity index (χ1v) is 5.74. The lowest BCUT2D eigenvalue weighted by Gasteiger charge is -2.32. The molecule has 0 unspecified atom stereocenters. The van der Waals surface area contributed by atoms with Crippen LogP contribution >= 0.6 is 0 Å². The third-order valence-electron chi connectivity index (χ3n) is 3.42. The molecule has 0 amide bonds. The molecular weight excluding hydrogens is 256 g/mol. The molecule has 1 saturated heterocycles. The van der Waals surface area contributed by atoms with E-state index in [1.54, 1.807) is 27.7 Å².